The van der Waals surface area contributed by atoms with Gasteiger partial charge in [-0.2, -0.15) is 0 Å². The second kappa shape index (κ2) is 10.1. The van der Waals surface area contributed by atoms with Gasteiger partial charge in [-0.05, 0) is 37.3 Å². The van der Waals surface area contributed by atoms with Gasteiger partial charge in [0.05, 0.1) is 5.56 Å². The first-order valence-corrected chi connectivity index (χ1v) is 8.35. The van der Waals surface area contributed by atoms with Gasteiger partial charge in [0, 0.05) is 22.4 Å². The van der Waals surface area contributed by atoms with Crippen LogP contribution in [-0.2, 0) is 11.4 Å². The maximum atomic E-state index is 11.5. The lowest BCUT2D eigenvalue weighted by Gasteiger charge is -2.11. The van der Waals surface area contributed by atoms with E-state index in [0.717, 1.165) is 0 Å². The van der Waals surface area contributed by atoms with Crippen LogP contribution in [-0.4, -0.2) is 36.0 Å². The van der Waals surface area contributed by atoms with Crippen molar-refractivity contribution >= 4 is 34.6 Å². The Bertz CT molecular complexity index is 900. The SMILES string of the molecule is CC1=CC(=O)c2ccccc2C1=O.Nc1ccc(C(=O)O)cc1.O=S([O-])[O-]. The lowest BCUT2D eigenvalue weighted by molar-refractivity contribution is 0.0696. The molecule has 0 saturated carbocycles. The summed E-state index contributed by atoms with van der Waals surface area (Å²) in [4.78, 5) is 33.2. The molecule has 27 heavy (non-hydrogen) atoms. The molecule has 0 aromatic heterocycles. The number of ketones is 2. The van der Waals surface area contributed by atoms with Crippen LogP contribution in [0.4, 0.5) is 5.69 Å². The first-order valence-electron chi connectivity index (χ1n) is 7.35. The van der Waals surface area contributed by atoms with E-state index in [2.05, 4.69) is 0 Å². The molecular formula is C18H15NO7S-2. The number of carbonyl (C=O) groups excluding carboxylic acids is 2. The summed E-state index contributed by atoms with van der Waals surface area (Å²) in [7, 11) is 0. The van der Waals surface area contributed by atoms with Crippen molar-refractivity contribution in [3.63, 3.8) is 0 Å². The Kier molecular flexibility index (Phi) is 8.21. The zero-order valence-corrected chi connectivity index (χ0v) is 14.9. The molecule has 1 aliphatic rings. The molecule has 0 bridgehead atoms. The molecule has 1 aliphatic carbocycles. The van der Waals surface area contributed by atoms with Gasteiger partial charge < -0.3 is 19.9 Å². The van der Waals surface area contributed by atoms with E-state index in [1.807, 2.05) is 0 Å². The molecule has 2 aromatic rings. The summed E-state index contributed by atoms with van der Waals surface area (Å²) in [5.74, 6) is -1.05. The molecule has 8 nitrogen and oxygen atoms in total. The summed E-state index contributed by atoms with van der Waals surface area (Å²) in [6, 6.07) is 13.0. The average Bonchev–Trinajstić information content (AvgIpc) is 2.60. The third-order valence-electron chi connectivity index (χ3n) is 3.30. The normalized spacial score (nSPS) is 12.1. The smallest absolute Gasteiger partial charge is 0.335 e. The number of nitrogen functional groups attached to an aromatic ring is 1. The summed E-state index contributed by atoms with van der Waals surface area (Å²) < 4.78 is 25.3. The topological polar surface area (TPSA) is 161 Å². The van der Waals surface area contributed by atoms with Crippen LogP contribution in [0.2, 0.25) is 0 Å². The molecule has 2 aromatic carbocycles. The van der Waals surface area contributed by atoms with Crippen LogP contribution in [0.25, 0.3) is 0 Å². The van der Waals surface area contributed by atoms with E-state index in [4.69, 9.17) is 24.2 Å². The predicted molar refractivity (Wildman–Crippen MR) is 96.4 cm³/mol. The van der Waals surface area contributed by atoms with Crippen molar-refractivity contribution in [2.45, 2.75) is 6.92 Å². The van der Waals surface area contributed by atoms with Crippen LogP contribution in [0, 0.1) is 0 Å². The van der Waals surface area contributed by atoms with Gasteiger partial charge in [-0.3, -0.25) is 13.8 Å². The van der Waals surface area contributed by atoms with Crippen LogP contribution in [0.5, 0.6) is 0 Å². The lowest BCUT2D eigenvalue weighted by Crippen LogP contribution is -2.14. The fraction of sp³-hybridized carbons (Fsp3) is 0.0556. The van der Waals surface area contributed by atoms with Crippen molar-refractivity contribution in [3.05, 3.63) is 76.9 Å². The maximum Gasteiger partial charge on any atom is 0.335 e. The van der Waals surface area contributed by atoms with Crippen molar-refractivity contribution in [2.24, 2.45) is 0 Å². The van der Waals surface area contributed by atoms with Crippen LogP contribution < -0.4 is 5.73 Å². The first kappa shape index (κ1) is 21.9. The molecular weight excluding hydrogens is 374 g/mol. The standard InChI is InChI=1S/C11H8O2.C7H7NO2.H2O3S/c1-7-6-10(12)8-4-2-3-5-9(8)11(7)13;8-6-3-1-5(2-4-6)7(9)10;1-4(2)3/h2-6H,1H3;1-4H,8H2,(H,9,10);(H2,1,2,3)/p-2. The largest absolute Gasteiger partial charge is 0.784 e. The second-order valence-corrected chi connectivity index (χ2v) is 5.61. The van der Waals surface area contributed by atoms with Crippen molar-refractivity contribution in [2.75, 3.05) is 5.73 Å². The molecule has 0 fully saturated rings. The van der Waals surface area contributed by atoms with Gasteiger partial charge >= 0.3 is 5.97 Å². The number of rotatable bonds is 1. The molecule has 142 valence electrons. The fourth-order valence-corrected chi connectivity index (χ4v) is 2.07. The highest BCUT2D eigenvalue weighted by Crippen LogP contribution is 2.20. The number of benzene rings is 2. The summed E-state index contributed by atoms with van der Waals surface area (Å²) in [6.45, 7) is 1.66. The Balaban J connectivity index is 0.000000232. The van der Waals surface area contributed by atoms with Crippen LogP contribution >= 0.6 is 0 Å². The zero-order chi connectivity index (χ0) is 20.6. The molecule has 3 N–H and O–H groups in total. The number of nitrogens with two attached hydrogens (primary N) is 1. The minimum absolute atomic E-state index is 0.0461. The van der Waals surface area contributed by atoms with E-state index in [9.17, 15) is 14.4 Å². The summed E-state index contributed by atoms with van der Waals surface area (Å²) in [6.07, 6.45) is 1.39. The summed E-state index contributed by atoms with van der Waals surface area (Å²) in [5.41, 5.74) is 7.72. The lowest BCUT2D eigenvalue weighted by atomic mass is 9.90. The number of carboxylic acids is 1. The molecule has 0 saturated heterocycles. The number of Topliss-reactive ketones (excluding diaryl/α,β-unsaturated/α-hetero) is 1. The highest BCUT2D eigenvalue weighted by molar-refractivity contribution is 7.72. The number of carbonyl (C=O) groups is 3. The number of aromatic carboxylic acids is 1. The van der Waals surface area contributed by atoms with Gasteiger partial charge in [0.25, 0.3) is 0 Å². The molecule has 9 heteroatoms. The molecule has 0 spiro atoms. The Labute approximate surface area is 157 Å². The van der Waals surface area contributed by atoms with Crippen LogP contribution in [0.15, 0.2) is 60.2 Å². The highest BCUT2D eigenvalue weighted by atomic mass is 32.2. The van der Waals surface area contributed by atoms with Gasteiger partial charge in [0.15, 0.2) is 11.6 Å². The number of fused-ring (bicyclic) bond motifs is 1. The van der Waals surface area contributed by atoms with Crippen molar-refractivity contribution in [3.8, 4) is 0 Å². The Morgan fingerprint density at radius 2 is 1.48 bits per heavy atom. The second-order valence-electron chi connectivity index (χ2n) is 5.20. The highest BCUT2D eigenvalue weighted by Gasteiger charge is 2.21. The third-order valence-corrected chi connectivity index (χ3v) is 3.30. The van der Waals surface area contributed by atoms with Gasteiger partial charge in [-0.15, -0.1) is 11.4 Å². The van der Waals surface area contributed by atoms with E-state index >= 15 is 0 Å². The number of allylic oxidation sites excluding steroid dienone is 2. The molecule has 0 radical (unpaired) electrons. The van der Waals surface area contributed by atoms with Crippen molar-refractivity contribution in [1.29, 1.82) is 0 Å². The number of anilines is 1. The predicted octanol–water partition coefficient (Wildman–Crippen LogP) is 1.97. The van der Waals surface area contributed by atoms with E-state index in [1.54, 1.807) is 43.3 Å². The molecule has 0 unspecified atom stereocenters. The van der Waals surface area contributed by atoms with Gasteiger partial charge in [0.1, 0.15) is 0 Å². The van der Waals surface area contributed by atoms with Gasteiger partial charge in [0.2, 0.25) is 0 Å². The molecule has 0 heterocycles. The average molecular weight is 389 g/mol. The molecule has 0 aliphatic heterocycles. The maximum absolute atomic E-state index is 11.5. The molecule has 3 rings (SSSR count). The Morgan fingerprint density at radius 3 is 1.96 bits per heavy atom. The minimum atomic E-state index is -3.11. The van der Waals surface area contributed by atoms with Crippen LogP contribution in [0.3, 0.4) is 0 Å². The van der Waals surface area contributed by atoms with E-state index in [-0.39, 0.29) is 17.1 Å². The Hall–Kier alpha value is -3.14. The summed E-state index contributed by atoms with van der Waals surface area (Å²) in [5, 5.41) is 8.43. The third kappa shape index (κ3) is 6.94. The number of hydrogen-bond donors (Lipinski definition) is 2. The fourth-order valence-electron chi connectivity index (χ4n) is 2.07. The Morgan fingerprint density at radius 1 is 1.00 bits per heavy atom. The monoisotopic (exact) mass is 389 g/mol. The minimum Gasteiger partial charge on any atom is -0.784 e. The first-order chi connectivity index (χ1) is 12.6. The number of carboxylic acid groups (broad SMARTS) is 1. The van der Waals surface area contributed by atoms with Crippen molar-refractivity contribution in [1.82, 2.24) is 0 Å². The molecule has 0 amide bonds. The van der Waals surface area contributed by atoms with Gasteiger partial charge in [-0.25, -0.2) is 4.79 Å². The van der Waals surface area contributed by atoms with Crippen LogP contribution in [0.1, 0.15) is 38.0 Å². The van der Waals surface area contributed by atoms with E-state index in [1.165, 1.54) is 18.2 Å². The summed E-state index contributed by atoms with van der Waals surface area (Å²) >= 11 is -3.11. The quantitative estimate of drug-likeness (QED) is 0.553. The van der Waals surface area contributed by atoms with E-state index in [0.29, 0.717) is 22.4 Å². The molecule has 0 atom stereocenters. The van der Waals surface area contributed by atoms with Gasteiger partial charge in [-0.1, -0.05) is 24.3 Å². The number of hydrogen-bond acceptors (Lipinski definition) is 7. The van der Waals surface area contributed by atoms with E-state index < -0.39 is 17.3 Å². The van der Waals surface area contributed by atoms with Crippen molar-refractivity contribution < 1.29 is 32.8 Å². The zero-order valence-electron chi connectivity index (χ0n) is 14.1.